The van der Waals surface area contributed by atoms with Gasteiger partial charge < -0.3 is 0 Å². The quantitative estimate of drug-likeness (QED) is 0.0852. The van der Waals surface area contributed by atoms with Crippen molar-refractivity contribution in [2.45, 2.75) is 90.3 Å². The van der Waals surface area contributed by atoms with E-state index >= 15 is 0 Å². The van der Waals surface area contributed by atoms with Crippen LogP contribution in [0.1, 0.15) is 71.1 Å². The van der Waals surface area contributed by atoms with Gasteiger partial charge in [-0.05, 0) is 17.9 Å². The van der Waals surface area contributed by atoms with Crippen molar-refractivity contribution >= 4 is 25.0 Å². The summed E-state index contributed by atoms with van der Waals surface area (Å²) in [7, 11) is -2.75. The minimum atomic E-state index is -2.75. The minimum Gasteiger partial charge on any atom is -0.204 e. The molecule has 0 saturated carbocycles. The van der Waals surface area contributed by atoms with Crippen molar-refractivity contribution in [3.05, 3.63) is 29.1 Å². The Morgan fingerprint density at radius 3 is 1.41 bits per heavy atom. The highest BCUT2D eigenvalue weighted by molar-refractivity contribution is 7.99. The number of thioether (sulfide) groups is 1. The Morgan fingerprint density at radius 2 is 0.966 bits per heavy atom. The summed E-state index contributed by atoms with van der Waals surface area (Å²) in [4.78, 5) is 0. The van der Waals surface area contributed by atoms with E-state index in [1.165, 1.54) is 50.0 Å². The van der Waals surface area contributed by atoms with Crippen LogP contribution in [0.2, 0.25) is 19.1 Å². The standard InChI is InChI=1S/C22H35F5SSi/c1-4-28-15-13-11-9-7-5-6-8-10-12-14-16-29(2,3)22-20(26)18(24)17(23)19(25)21(22)27/h4-16H2,1-3H3. The Kier molecular flexibility index (Phi) is 12.5. The van der Waals surface area contributed by atoms with Gasteiger partial charge in [-0.25, -0.2) is 22.0 Å². The second kappa shape index (κ2) is 13.7. The summed E-state index contributed by atoms with van der Waals surface area (Å²) in [5.41, 5.74) is 0. The molecule has 0 aliphatic heterocycles. The highest BCUT2D eigenvalue weighted by atomic mass is 32.2. The molecular formula is C22H35F5SSi. The van der Waals surface area contributed by atoms with Crippen LogP contribution in [0, 0.1) is 29.1 Å². The lowest BCUT2D eigenvalue weighted by molar-refractivity contribution is 0.383. The highest BCUT2D eigenvalue weighted by Gasteiger charge is 2.35. The summed E-state index contributed by atoms with van der Waals surface area (Å²) >= 11 is 2.00. The molecule has 1 rings (SSSR count). The smallest absolute Gasteiger partial charge is 0.200 e. The molecule has 0 aliphatic rings. The second-order valence-electron chi connectivity index (χ2n) is 8.31. The molecule has 0 amide bonds. The van der Waals surface area contributed by atoms with E-state index in [2.05, 4.69) is 6.92 Å². The van der Waals surface area contributed by atoms with Gasteiger partial charge in [0.1, 0.15) is 0 Å². The zero-order chi connectivity index (χ0) is 21.9. The zero-order valence-corrected chi connectivity index (χ0v) is 19.8. The van der Waals surface area contributed by atoms with Crippen molar-refractivity contribution in [3.8, 4) is 0 Å². The highest BCUT2D eigenvalue weighted by Crippen LogP contribution is 2.24. The molecule has 0 radical (unpaired) electrons. The minimum absolute atomic E-state index is 0.515. The topological polar surface area (TPSA) is 0 Å². The average molecular weight is 455 g/mol. The van der Waals surface area contributed by atoms with E-state index in [9.17, 15) is 22.0 Å². The molecule has 0 aliphatic carbocycles. The fourth-order valence-electron chi connectivity index (χ4n) is 3.65. The summed E-state index contributed by atoms with van der Waals surface area (Å²) < 4.78 is 68.4. The monoisotopic (exact) mass is 454 g/mol. The van der Waals surface area contributed by atoms with Gasteiger partial charge in [-0.1, -0.05) is 83.8 Å². The first-order chi connectivity index (χ1) is 13.7. The number of hydrogen-bond acceptors (Lipinski definition) is 1. The van der Waals surface area contributed by atoms with Crippen LogP contribution in [0.15, 0.2) is 0 Å². The Balaban J connectivity index is 2.27. The van der Waals surface area contributed by atoms with Gasteiger partial charge in [0.2, 0.25) is 5.82 Å². The van der Waals surface area contributed by atoms with E-state index in [1.807, 2.05) is 11.8 Å². The van der Waals surface area contributed by atoms with Crippen LogP contribution in [0.25, 0.3) is 0 Å². The van der Waals surface area contributed by atoms with Gasteiger partial charge in [-0.2, -0.15) is 11.8 Å². The molecule has 1 aromatic carbocycles. The van der Waals surface area contributed by atoms with Gasteiger partial charge in [0.05, 0.1) is 8.07 Å². The van der Waals surface area contributed by atoms with E-state index in [4.69, 9.17) is 0 Å². The molecule has 0 saturated heterocycles. The molecule has 0 spiro atoms. The molecule has 29 heavy (non-hydrogen) atoms. The maximum Gasteiger partial charge on any atom is 0.200 e. The van der Waals surface area contributed by atoms with Gasteiger partial charge in [-0.15, -0.1) is 0 Å². The van der Waals surface area contributed by atoms with Crippen LogP contribution in [0.3, 0.4) is 0 Å². The zero-order valence-electron chi connectivity index (χ0n) is 18.0. The van der Waals surface area contributed by atoms with E-state index in [-0.39, 0.29) is 0 Å². The van der Waals surface area contributed by atoms with Crippen molar-refractivity contribution in [2.75, 3.05) is 11.5 Å². The van der Waals surface area contributed by atoms with E-state index in [1.54, 1.807) is 13.1 Å². The second-order valence-corrected chi connectivity index (χ2v) is 14.5. The van der Waals surface area contributed by atoms with Gasteiger partial charge in [-0.3, -0.25) is 0 Å². The summed E-state index contributed by atoms with van der Waals surface area (Å²) in [6, 6.07) is 0.515. The van der Waals surface area contributed by atoms with Crippen LogP contribution in [0.4, 0.5) is 22.0 Å². The van der Waals surface area contributed by atoms with Crippen molar-refractivity contribution < 1.29 is 22.0 Å². The van der Waals surface area contributed by atoms with Crippen molar-refractivity contribution in [2.24, 2.45) is 0 Å². The van der Waals surface area contributed by atoms with E-state index in [0.717, 1.165) is 25.7 Å². The lowest BCUT2D eigenvalue weighted by atomic mass is 10.1. The van der Waals surface area contributed by atoms with Crippen molar-refractivity contribution in [3.63, 3.8) is 0 Å². The summed E-state index contributed by atoms with van der Waals surface area (Å²) in [6.07, 6.45) is 11.5. The molecule has 1 aromatic rings. The Bertz CT molecular complexity index is 593. The van der Waals surface area contributed by atoms with Crippen LogP contribution in [0.5, 0.6) is 0 Å². The first kappa shape index (κ1) is 26.5. The number of unbranched alkanes of at least 4 members (excludes halogenated alkanes) is 9. The van der Waals surface area contributed by atoms with Crippen LogP contribution < -0.4 is 5.19 Å². The van der Waals surface area contributed by atoms with E-state index < -0.39 is 42.3 Å². The molecule has 0 bridgehead atoms. The molecule has 0 unspecified atom stereocenters. The number of hydrogen-bond donors (Lipinski definition) is 0. The SMILES string of the molecule is CCSCCCCCCCCCCCC[Si](C)(C)c1c(F)c(F)c(F)c(F)c1F. The van der Waals surface area contributed by atoms with Gasteiger partial charge >= 0.3 is 0 Å². The Labute approximate surface area is 178 Å². The third-order valence-corrected chi connectivity index (χ3v) is 9.81. The predicted octanol–water partition coefficient (Wildman–Crippen LogP) is 7.95. The van der Waals surface area contributed by atoms with Gasteiger partial charge in [0, 0.05) is 5.19 Å². The normalized spacial score (nSPS) is 12.0. The third-order valence-electron chi connectivity index (χ3n) is 5.43. The summed E-state index contributed by atoms with van der Waals surface area (Å²) in [5.74, 6) is -6.57. The van der Waals surface area contributed by atoms with Crippen molar-refractivity contribution in [1.82, 2.24) is 0 Å². The molecule has 0 N–H and O–H groups in total. The fraction of sp³-hybridized carbons (Fsp3) is 0.727. The number of benzene rings is 1. The third kappa shape index (κ3) is 8.60. The Hall–Kier alpha value is -0.563. The molecule has 168 valence electrons. The lowest BCUT2D eigenvalue weighted by Gasteiger charge is -2.24. The number of halogens is 5. The van der Waals surface area contributed by atoms with E-state index in [0.29, 0.717) is 6.04 Å². The number of rotatable bonds is 15. The van der Waals surface area contributed by atoms with Crippen LogP contribution in [-0.4, -0.2) is 19.6 Å². The van der Waals surface area contributed by atoms with Crippen molar-refractivity contribution in [1.29, 1.82) is 0 Å². The van der Waals surface area contributed by atoms with Crippen LogP contribution >= 0.6 is 11.8 Å². The lowest BCUT2D eigenvalue weighted by Crippen LogP contribution is -2.47. The van der Waals surface area contributed by atoms with Crippen LogP contribution in [-0.2, 0) is 0 Å². The molecular weight excluding hydrogens is 419 g/mol. The predicted molar refractivity (Wildman–Crippen MR) is 117 cm³/mol. The maximum absolute atomic E-state index is 14.1. The fourth-order valence-corrected chi connectivity index (χ4v) is 7.14. The first-order valence-corrected chi connectivity index (χ1v) is 15.2. The average Bonchev–Trinajstić information content (AvgIpc) is 2.68. The largest absolute Gasteiger partial charge is 0.204 e. The summed E-state index contributed by atoms with van der Waals surface area (Å²) in [6.45, 7) is 5.53. The maximum atomic E-state index is 14.1. The Morgan fingerprint density at radius 1 is 0.586 bits per heavy atom. The molecule has 0 fully saturated rings. The molecule has 0 nitrogen and oxygen atoms in total. The molecule has 0 atom stereocenters. The molecule has 0 heterocycles. The first-order valence-electron chi connectivity index (χ1n) is 10.8. The van der Waals surface area contributed by atoms with Gasteiger partial charge in [0.15, 0.2) is 23.3 Å². The van der Waals surface area contributed by atoms with Gasteiger partial charge in [0.25, 0.3) is 0 Å². The molecule has 7 heteroatoms. The summed E-state index contributed by atoms with van der Waals surface area (Å²) in [5, 5.41) is -0.564. The molecule has 0 aromatic heterocycles.